The molecular weight excluding hydrogens is 324 g/mol. The van der Waals surface area contributed by atoms with Gasteiger partial charge in [0.05, 0.1) is 8.07 Å². The maximum Gasteiger partial charge on any atom is 0.0867 e. The van der Waals surface area contributed by atoms with E-state index >= 15 is 0 Å². The van der Waals surface area contributed by atoms with Crippen molar-refractivity contribution in [3.8, 4) is 0 Å². The first-order valence-electron chi connectivity index (χ1n) is 8.33. The lowest BCUT2D eigenvalue weighted by Crippen LogP contribution is -2.49. The molecule has 0 atom stereocenters. The lowest BCUT2D eigenvalue weighted by atomic mass is 9.97. The fourth-order valence-electron chi connectivity index (χ4n) is 3.95. The third kappa shape index (κ3) is 3.97. The molecular formula is C18H29BrSi. The van der Waals surface area contributed by atoms with Gasteiger partial charge in [0, 0.05) is 5.33 Å². The Bertz CT molecular complexity index is 390. The number of benzene rings is 1. The SMILES string of the molecule is CCC[Si]1(c2ccc(C)cc2)CCC(CCCBr)CC1. The fourth-order valence-corrected chi connectivity index (χ4v) is 9.65. The Morgan fingerprint density at radius 3 is 2.35 bits per heavy atom. The molecule has 0 saturated carbocycles. The Labute approximate surface area is 134 Å². The van der Waals surface area contributed by atoms with Crippen molar-refractivity contribution in [2.24, 2.45) is 5.92 Å². The molecule has 0 amide bonds. The van der Waals surface area contributed by atoms with E-state index in [4.69, 9.17) is 0 Å². The van der Waals surface area contributed by atoms with Gasteiger partial charge in [-0.25, -0.2) is 0 Å². The van der Waals surface area contributed by atoms with Crippen LogP contribution in [0.15, 0.2) is 24.3 Å². The van der Waals surface area contributed by atoms with Gasteiger partial charge >= 0.3 is 0 Å². The maximum atomic E-state index is 3.58. The third-order valence-corrected chi connectivity index (χ3v) is 11.3. The number of halogens is 1. The highest BCUT2D eigenvalue weighted by Crippen LogP contribution is 2.37. The molecule has 0 aromatic heterocycles. The number of hydrogen-bond donors (Lipinski definition) is 0. The van der Waals surface area contributed by atoms with Gasteiger partial charge in [-0.15, -0.1) is 0 Å². The molecule has 0 unspecified atom stereocenters. The first kappa shape index (κ1) is 16.3. The minimum atomic E-state index is -1.17. The molecule has 0 N–H and O–H groups in total. The smallest absolute Gasteiger partial charge is 0.0867 e. The van der Waals surface area contributed by atoms with Crippen LogP contribution in [0.2, 0.25) is 18.1 Å². The van der Waals surface area contributed by atoms with Crippen molar-refractivity contribution in [1.82, 2.24) is 0 Å². The van der Waals surface area contributed by atoms with Gasteiger partial charge in [0.2, 0.25) is 0 Å². The van der Waals surface area contributed by atoms with Gasteiger partial charge in [0.15, 0.2) is 0 Å². The quantitative estimate of drug-likeness (QED) is 0.458. The standard InChI is InChI=1S/C18H29BrSi/c1-3-13-20(18-8-6-16(2)7-9-18)14-10-17(11-15-20)5-4-12-19/h6-9,17H,3-5,10-15H2,1-2H3. The van der Waals surface area contributed by atoms with Gasteiger partial charge in [0.1, 0.15) is 0 Å². The Balaban J connectivity index is 2.06. The van der Waals surface area contributed by atoms with Crippen LogP contribution in [-0.2, 0) is 0 Å². The summed E-state index contributed by atoms with van der Waals surface area (Å²) < 4.78 is 0. The van der Waals surface area contributed by atoms with Gasteiger partial charge in [-0.1, -0.05) is 95.3 Å². The fraction of sp³-hybridized carbons (Fsp3) is 0.667. The zero-order valence-corrected chi connectivity index (χ0v) is 15.7. The van der Waals surface area contributed by atoms with Gasteiger partial charge in [-0.05, 0) is 25.7 Å². The summed E-state index contributed by atoms with van der Waals surface area (Å²) in [5.41, 5.74) is 1.40. The molecule has 1 fully saturated rings. The van der Waals surface area contributed by atoms with Crippen molar-refractivity contribution in [2.45, 2.75) is 64.1 Å². The van der Waals surface area contributed by atoms with E-state index in [0.717, 1.165) is 5.92 Å². The highest BCUT2D eigenvalue weighted by Gasteiger charge is 2.37. The van der Waals surface area contributed by atoms with Crippen LogP contribution in [0.5, 0.6) is 0 Å². The first-order chi connectivity index (χ1) is 9.70. The van der Waals surface area contributed by atoms with Crippen LogP contribution in [0, 0.1) is 12.8 Å². The van der Waals surface area contributed by atoms with Crippen LogP contribution in [0.25, 0.3) is 0 Å². The second-order valence-corrected chi connectivity index (χ2v) is 12.1. The van der Waals surface area contributed by atoms with Crippen molar-refractivity contribution < 1.29 is 0 Å². The Hall–Kier alpha value is -0.0831. The van der Waals surface area contributed by atoms with E-state index in [-0.39, 0.29) is 0 Å². The summed E-state index contributed by atoms with van der Waals surface area (Å²) in [4.78, 5) is 0. The van der Waals surface area contributed by atoms with Crippen LogP contribution in [0.3, 0.4) is 0 Å². The van der Waals surface area contributed by atoms with Gasteiger partial charge < -0.3 is 0 Å². The molecule has 1 aliphatic heterocycles. The van der Waals surface area contributed by atoms with Crippen molar-refractivity contribution in [1.29, 1.82) is 0 Å². The largest absolute Gasteiger partial charge is 0.0928 e. The topological polar surface area (TPSA) is 0 Å². The minimum Gasteiger partial charge on any atom is -0.0928 e. The van der Waals surface area contributed by atoms with E-state index in [1.807, 2.05) is 0 Å². The van der Waals surface area contributed by atoms with Crippen molar-refractivity contribution in [3.05, 3.63) is 29.8 Å². The summed E-state index contributed by atoms with van der Waals surface area (Å²) in [7, 11) is -1.17. The molecule has 1 aromatic carbocycles. The summed E-state index contributed by atoms with van der Waals surface area (Å²) in [6, 6.07) is 14.1. The molecule has 0 radical (unpaired) electrons. The molecule has 0 bridgehead atoms. The van der Waals surface area contributed by atoms with Gasteiger partial charge in [-0.2, -0.15) is 0 Å². The zero-order valence-electron chi connectivity index (χ0n) is 13.1. The van der Waals surface area contributed by atoms with Crippen LogP contribution < -0.4 is 5.19 Å². The Kier molecular flexibility index (Phi) is 6.35. The predicted octanol–water partition coefficient (Wildman–Crippen LogP) is 5.65. The molecule has 1 heterocycles. The van der Waals surface area contributed by atoms with E-state index in [1.165, 1.54) is 61.1 Å². The molecule has 20 heavy (non-hydrogen) atoms. The highest BCUT2D eigenvalue weighted by molar-refractivity contribution is 9.09. The summed E-state index contributed by atoms with van der Waals surface area (Å²) in [6.07, 6.45) is 7.15. The lowest BCUT2D eigenvalue weighted by Gasteiger charge is -2.39. The van der Waals surface area contributed by atoms with Crippen LogP contribution >= 0.6 is 15.9 Å². The third-order valence-electron chi connectivity index (χ3n) is 5.20. The second kappa shape index (κ2) is 7.79. The van der Waals surface area contributed by atoms with Crippen molar-refractivity contribution in [2.75, 3.05) is 5.33 Å². The van der Waals surface area contributed by atoms with Crippen LogP contribution in [0.1, 0.15) is 44.6 Å². The number of alkyl halides is 1. The molecule has 0 aliphatic carbocycles. The van der Waals surface area contributed by atoms with E-state index in [0.29, 0.717) is 0 Å². The van der Waals surface area contributed by atoms with E-state index in [9.17, 15) is 0 Å². The molecule has 2 rings (SSSR count). The molecule has 0 nitrogen and oxygen atoms in total. The van der Waals surface area contributed by atoms with Crippen molar-refractivity contribution >= 4 is 29.2 Å². The Morgan fingerprint density at radius 2 is 1.80 bits per heavy atom. The number of rotatable bonds is 6. The number of hydrogen-bond acceptors (Lipinski definition) is 0. The summed E-state index contributed by atoms with van der Waals surface area (Å²) in [5, 5.41) is 2.92. The monoisotopic (exact) mass is 352 g/mol. The van der Waals surface area contributed by atoms with E-state index < -0.39 is 8.07 Å². The zero-order chi connectivity index (χ0) is 14.4. The molecule has 0 spiro atoms. The molecule has 1 saturated heterocycles. The van der Waals surface area contributed by atoms with E-state index in [1.54, 1.807) is 5.19 Å². The molecule has 1 aliphatic rings. The molecule has 112 valence electrons. The van der Waals surface area contributed by atoms with Crippen LogP contribution in [-0.4, -0.2) is 13.4 Å². The summed E-state index contributed by atoms with van der Waals surface area (Å²) in [6.45, 7) is 4.58. The minimum absolute atomic E-state index is 1.01. The maximum absolute atomic E-state index is 3.58. The molecule has 2 heteroatoms. The highest BCUT2D eigenvalue weighted by atomic mass is 79.9. The summed E-state index contributed by atoms with van der Waals surface area (Å²) in [5.74, 6) is 1.01. The van der Waals surface area contributed by atoms with E-state index in [2.05, 4.69) is 54.0 Å². The molecule has 1 aromatic rings. The Morgan fingerprint density at radius 1 is 1.15 bits per heavy atom. The second-order valence-electron chi connectivity index (χ2n) is 6.67. The lowest BCUT2D eigenvalue weighted by molar-refractivity contribution is 0.431. The number of aryl methyl sites for hydroxylation is 1. The van der Waals surface area contributed by atoms with Gasteiger partial charge in [0.25, 0.3) is 0 Å². The summed E-state index contributed by atoms with van der Waals surface area (Å²) >= 11 is 3.58. The normalized spacial score (nSPS) is 26.6. The average molecular weight is 353 g/mol. The van der Waals surface area contributed by atoms with Crippen molar-refractivity contribution in [3.63, 3.8) is 0 Å². The predicted molar refractivity (Wildman–Crippen MR) is 97.0 cm³/mol. The first-order valence-corrected chi connectivity index (χ1v) is 12.1. The van der Waals surface area contributed by atoms with Crippen LogP contribution in [0.4, 0.5) is 0 Å². The average Bonchev–Trinajstić information content (AvgIpc) is 2.47. The van der Waals surface area contributed by atoms with Gasteiger partial charge in [-0.3, -0.25) is 0 Å².